The second kappa shape index (κ2) is 24.6. The van der Waals surface area contributed by atoms with Crippen molar-refractivity contribution in [2.45, 2.75) is 138 Å². The van der Waals surface area contributed by atoms with Crippen LogP contribution in [0.1, 0.15) is 109 Å². The molecule has 2 aromatic rings. The van der Waals surface area contributed by atoms with Crippen LogP contribution in [0.15, 0.2) is 65.8 Å². The molecule has 0 saturated carbocycles. The second-order valence-electron chi connectivity index (χ2n) is 16.6. The zero-order chi connectivity index (χ0) is 44.6. The number of aliphatic hydroxyl groups excluding tert-OH is 1. The molecule has 12 nitrogen and oxygen atoms in total. The fraction of sp³-hybridized carbons (Fsp3) is 0.553. The van der Waals surface area contributed by atoms with Crippen LogP contribution in [0, 0.1) is 11.8 Å². The van der Waals surface area contributed by atoms with E-state index in [4.69, 9.17) is 19.9 Å². The molecular formula is C47H71N3O9Sn. The first-order valence-electron chi connectivity index (χ1n) is 21.6. The monoisotopic (exact) mass is 941 g/mol. The summed E-state index contributed by atoms with van der Waals surface area (Å²) in [6.45, 7) is 13.8. The van der Waals surface area contributed by atoms with Gasteiger partial charge in [0, 0.05) is 25.7 Å². The Morgan fingerprint density at radius 2 is 1.55 bits per heavy atom. The molecule has 2 aromatic carbocycles. The minimum atomic E-state index is -2.75. The number of nitrogens with two attached hydrogens (primary N) is 1. The third-order valence-corrected chi connectivity index (χ3v) is 27.5. The van der Waals surface area contributed by atoms with Crippen molar-refractivity contribution >= 4 is 51.2 Å². The molecular weight excluding hydrogens is 869 g/mol. The molecule has 2 bridgehead atoms. The number of allylic oxidation sites excluding steroid dienone is 2. The number of methoxy groups -OCH3 is 2. The van der Waals surface area contributed by atoms with Gasteiger partial charge in [-0.3, -0.25) is 4.79 Å². The number of fused-ring (bicyclic) bond motifs is 2. The van der Waals surface area contributed by atoms with Gasteiger partial charge in [-0.25, -0.2) is 4.79 Å². The molecule has 7 N–H and O–H groups in total. The quantitative estimate of drug-likeness (QED) is 0.0439. The predicted octanol–water partition coefficient (Wildman–Crippen LogP) is 8.87. The number of benzene rings is 2. The summed E-state index contributed by atoms with van der Waals surface area (Å²) in [5, 5.41) is 40.4. The van der Waals surface area contributed by atoms with Gasteiger partial charge >= 0.3 is 234 Å². The van der Waals surface area contributed by atoms with Crippen molar-refractivity contribution in [2.75, 3.05) is 24.9 Å². The summed E-state index contributed by atoms with van der Waals surface area (Å²) in [7, 11) is 2.94. The van der Waals surface area contributed by atoms with Crippen LogP contribution in [0.3, 0.4) is 0 Å². The molecule has 0 unspecified atom stereocenters. The molecule has 60 heavy (non-hydrogen) atoms. The van der Waals surface area contributed by atoms with Gasteiger partial charge in [-0.05, 0) is 19.4 Å². The third-order valence-electron chi connectivity index (χ3n) is 11.9. The van der Waals surface area contributed by atoms with Crippen LogP contribution >= 0.6 is 0 Å². The Morgan fingerprint density at radius 1 is 0.950 bits per heavy atom. The number of unbranched alkanes of at least 4 members (excludes halogenated alkanes) is 3. The fourth-order valence-corrected chi connectivity index (χ4v) is 24.2. The van der Waals surface area contributed by atoms with Gasteiger partial charge in [0.15, 0.2) is 6.10 Å². The van der Waals surface area contributed by atoms with Crippen molar-refractivity contribution in [1.29, 1.82) is 0 Å². The molecule has 0 aromatic heterocycles. The van der Waals surface area contributed by atoms with E-state index in [1.807, 2.05) is 26.0 Å². The first kappa shape index (κ1) is 50.5. The molecule has 0 spiro atoms. The van der Waals surface area contributed by atoms with Crippen LogP contribution in [0.25, 0.3) is 0 Å². The summed E-state index contributed by atoms with van der Waals surface area (Å²) >= 11 is -2.75. The molecule has 3 rings (SSSR count). The summed E-state index contributed by atoms with van der Waals surface area (Å²) in [5.41, 5.74) is 6.89. The number of carbonyl (C=O) groups is 3. The van der Waals surface area contributed by atoms with Crippen LogP contribution in [-0.2, 0) is 25.4 Å². The number of aromatic hydroxyl groups is 2. The first-order chi connectivity index (χ1) is 28.6. The van der Waals surface area contributed by atoms with Gasteiger partial charge in [0.25, 0.3) is 0 Å². The third kappa shape index (κ3) is 13.8. The number of hydrogen-bond donors (Lipinski definition) is 6. The molecule has 1 aliphatic rings. The van der Waals surface area contributed by atoms with Crippen LogP contribution in [0.2, 0.25) is 13.3 Å². The number of phenolic OH excluding ortho intramolecular Hbond substituents is 2. The van der Waals surface area contributed by atoms with E-state index in [9.17, 15) is 29.7 Å². The van der Waals surface area contributed by atoms with Crippen molar-refractivity contribution in [3.63, 3.8) is 0 Å². The zero-order valence-electron chi connectivity index (χ0n) is 37.3. The van der Waals surface area contributed by atoms with E-state index in [-0.39, 0.29) is 46.3 Å². The molecule has 0 fully saturated rings. The number of nitrogens with one attached hydrogen (secondary N) is 2. The van der Waals surface area contributed by atoms with Gasteiger partial charge in [-0.2, -0.15) is 0 Å². The van der Waals surface area contributed by atoms with Gasteiger partial charge in [-0.1, -0.05) is 31.2 Å². The van der Waals surface area contributed by atoms with Gasteiger partial charge in [0.2, 0.25) is 0 Å². The molecule has 1 heterocycles. The van der Waals surface area contributed by atoms with Crippen LogP contribution in [0.5, 0.6) is 11.5 Å². The Morgan fingerprint density at radius 3 is 2.08 bits per heavy atom. The summed E-state index contributed by atoms with van der Waals surface area (Å²) in [4.78, 5) is 39.3. The summed E-state index contributed by atoms with van der Waals surface area (Å²) < 4.78 is 22.2. The standard InChI is InChI=1S/C35H44N3O9.3C4H9.Sn/c1-19-15-24-29(38-34(43)23-12-8-7-9-13-23)26(39)18-25(31(24)41)37-33(42)20(2)11-10-14-27(45-5)32(47-35(36)44)22(4)17-21(3)30(40)28(16-19)46-6;3*1-3-4-2;/h8-14,17-19,21,27-28,30,32,39-41H,15-16H2,1-6H3,(H2,36,44)(H,37,42)(H,38,43);3*1,3-4H2,2H3;/b14-10-,20-11+,22-17+;;;;/t19-,21+,27+,28+,30-,32+;;;;/m1..../s1. The number of amides is 3. The number of carbonyl (C=O) groups excluding carboxylic acids is 3. The van der Waals surface area contributed by atoms with E-state index in [0.29, 0.717) is 17.6 Å². The molecule has 13 heteroatoms. The second-order valence-corrected chi connectivity index (χ2v) is 29.8. The zero-order valence-corrected chi connectivity index (χ0v) is 40.2. The van der Waals surface area contributed by atoms with E-state index >= 15 is 0 Å². The molecule has 1 aliphatic heterocycles. The topological polar surface area (TPSA) is 190 Å². The number of ether oxygens (including phenoxy) is 3. The Bertz CT molecular complexity index is 1800. The van der Waals surface area contributed by atoms with E-state index in [0.717, 1.165) is 0 Å². The maximum atomic E-state index is 14.0. The van der Waals surface area contributed by atoms with Gasteiger partial charge in [0.05, 0.1) is 6.10 Å². The van der Waals surface area contributed by atoms with Crippen molar-refractivity contribution < 1.29 is 43.9 Å². The summed E-state index contributed by atoms with van der Waals surface area (Å²) in [6.07, 6.45) is 9.67. The minimum absolute atomic E-state index is 0.0300. The van der Waals surface area contributed by atoms with Gasteiger partial charge in [0.1, 0.15) is 6.10 Å². The van der Waals surface area contributed by atoms with Crippen LogP contribution < -0.4 is 19.9 Å². The predicted molar refractivity (Wildman–Crippen MR) is 243 cm³/mol. The molecule has 332 valence electrons. The number of hydrogen-bond acceptors (Lipinski definition) is 9. The van der Waals surface area contributed by atoms with E-state index in [2.05, 4.69) is 43.5 Å². The molecule has 3 amide bonds. The van der Waals surface area contributed by atoms with E-state index in [1.165, 1.54) is 81.8 Å². The van der Waals surface area contributed by atoms with Crippen LogP contribution in [-0.4, -0.2) is 90.2 Å². The Kier molecular flexibility index (Phi) is 20.7. The summed E-state index contributed by atoms with van der Waals surface area (Å²) in [6, 6.07) is 9.30. The van der Waals surface area contributed by atoms with Crippen molar-refractivity contribution in [2.24, 2.45) is 17.6 Å². The molecule has 0 saturated heterocycles. The number of phenols is 2. The fourth-order valence-electron chi connectivity index (χ4n) is 8.26. The molecule has 0 aliphatic carbocycles. The van der Waals surface area contributed by atoms with Crippen LogP contribution in [0.4, 0.5) is 16.2 Å². The number of anilines is 2. The summed E-state index contributed by atoms with van der Waals surface area (Å²) in [5.74, 6) is -2.41. The van der Waals surface area contributed by atoms with Gasteiger partial charge in [-0.15, -0.1) is 0 Å². The van der Waals surface area contributed by atoms with Crippen molar-refractivity contribution in [1.82, 2.24) is 0 Å². The number of rotatable bonds is 15. The van der Waals surface area contributed by atoms with Gasteiger partial charge < -0.3 is 25.1 Å². The Hall–Kier alpha value is -3.85. The normalized spacial score (nSPS) is 24.3. The molecule has 6 atom stereocenters. The maximum absolute atomic E-state index is 14.0. The van der Waals surface area contributed by atoms with Crippen molar-refractivity contribution in [3.8, 4) is 11.5 Å². The average Bonchev–Trinajstić information content (AvgIpc) is 3.22. The first-order valence-corrected chi connectivity index (χ1v) is 29.1. The van der Waals surface area contributed by atoms with Crippen molar-refractivity contribution in [3.05, 3.63) is 76.9 Å². The Balaban J connectivity index is 2.10. The van der Waals surface area contributed by atoms with E-state index < -0.39 is 66.6 Å². The number of aliphatic hydroxyl groups is 1. The SMILES string of the molecule is CCC[CH2][Sn]([CH2]CCC)([CH2]CCC)[c]1ccc(C(=O)Nc2c(O)cc3c(O)c2C[C@@H](C)C[C@H](OC)[C@H](O)[C@@H](C)/C=C(\C)[C@H](OC(N)=O)[C@@H](OC)/C=C\C=C(/C)C(=O)N3)cc1. The Labute approximate surface area is 361 Å². The average molecular weight is 941 g/mol. The molecule has 0 radical (unpaired) electrons. The van der Waals surface area contributed by atoms with E-state index in [1.54, 1.807) is 32.1 Å². The number of primary amides is 1.